The first kappa shape index (κ1) is 11.8. The smallest absolute Gasteiger partial charge is 0.407 e. The maximum Gasteiger partial charge on any atom is 0.407 e. The summed E-state index contributed by atoms with van der Waals surface area (Å²) in [4.78, 5) is 12.4. The van der Waals surface area contributed by atoms with Gasteiger partial charge in [0.25, 0.3) is 0 Å². The normalized spacial score (nSPS) is 20.0. The molecule has 1 saturated heterocycles. The first-order valence-electron chi connectivity index (χ1n) is 6.02. The average molecular weight is 234 g/mol. The lowest BCUT2D eigenvalue weighted by Crippen LogP contribution is -2.41. The minimum Gasteiger partial charge on any atom is -0.465 e. The van der Waals surface area contributed by atoms with Crippen LogP contribution in [0.1, 0.15) is 12.8 Å². The number of piperidine rings is 1. The number of amides is 1. The van der Waals surface area contributed by atoms with Crippen molar-refractivity contribution in [1.29, 1.82) is 0 Å². The van der Waals surface area contributed by atoms with Crippen molar-refractivity contribution in [1.82, 2.24) is 4.90 Å². The summed E-state index contributed by atoms with van der Waals surface area (Å²) in [6.07, 6.45) is 1.27. The number of carbonyl (C=O) groups is 1. The van der Waals surface area contributed by atoms with Crippen molar-refractivity contribution in [3.05, 3.63) is 30.3 Å². The first-order valence-corrected chi connectivity index (χ1v) is 6.02. The van der Waals surface area contributed by atoms with Gasteiger partial charge in [0, 0.05) is 25.3 Å². The van der Waals surface area contributed by atoms with Crippen LogP contribution in [0.25, 0.3) is 0 Å². The van der Waals surface area contributed by atoms with E-state index in [0.29, 0.717) is 19.0 Å². The Labute approximate surface area is 101 Å². The molecule has 0 radical (unpaired) electrons. The summed E-state index contributed by atoms with van der Waals surface area (Å²) in [5.41, 5.74) is 1.10. The van der Waals surface area contributed by atoms with Gasteiger partial charge in [0.15, 0.2) is 0 Å². The van der Waals surface area contributed by atoms with E-state index >= 15 is 0 Å². The standard InChI is InChI=1S/C13H18N2O2/c16-13(17)15-8-4-5-11(10-15)9-14-12-6-2-1-3-7-12/h1-3,6-7,11,14H,4-5,8-10H2,(H,16,17). The van der Waals surface area contributed by atoms with Crippen LogP contribution in [0.5, 0.6) is 0 Å². The third-order valence-corrected chi connectivity index (χ3v) is 3.16. The van der Waals surface area contributed by atoms with Crippen LogP contribution in [-0.2, 0) is 0 Å². The number of para-hydroxylation sites is 1. The molecule has 92 valence electrons. The van der Waals surface area contributed by atoms with E-state index in [1.165, 1.54) is 4.90 Å². The highest BCUT2D eigenvalue weighted by Crippen LogP contribution is 2.17. The van der Waals surface area contributed by atoms with Gasteiger partial charge >= 0.3 is 6.09 Å². The number of rotatable bonds is 3. The Bertz CT molecular complexity index is 367. The Balaban J connectivity index is 1.81. The van der Waals surface area contributed by atoms with E-state index in [1.54, 1.807) is 0 Å². The molecule has 1 aliphatic heterocycles. The lowest BCUT2D eigenvalue weighted by atomic mass is 9.98. The highest BCUT2D eigenvalue weighted by atomic mass is 16.4. The van der Waals surface area contributed by atoms with E-state index in [4.69, 9.17) is 5.11 Å². The van der Waals surface area contributed by atoms with Crippen molar-refractivity contribution in [2.24, 2.45) is 5.92 Å². The lowest BCUT2D eigenvalue weighted by Gasteiger charge is -2.30. The summed E-state index contributed by atoms with van der Waals surface area (Å²) in [5.74, 6) is 0.417. The molecule has 1 amide bonds. The van der Waals surface area contributed by atoms with Gasteiger partial charge in [-0.05, 0) is 30.9 Å². The van der Waals surface area contributed by atoms with Crippen LogP contribution < -0.4 is 5.32 Å². The molecule has 2 N–H and O–H groups in total. The number of nitrogens with one attached hydrogen (secondary N) is 1. The minimum absolute atomic E-state index is 0.417. The molecular formula is C13H18N2O2. The first-order chi connectivity index (χ1) is 8.25. The van der Waals surface area contributed by atoms with E-state index in [0.717, 1.165) is 25.1 Å². The van der Waals surface area contributed by atoms with E-state index in [1.807, 2.05) is 30.3 Å². The second kappa shape index (κ2) is 5.57. The Morgan fingerprint density at radius 3 is 2.88 bits per heavy atom. The molecule has 1 fully saturated rings. The van der Waals surface area contributed by atoms with Gasteiger partial charge in [-0.2, -0.15) is 0 Å². The fourth-order valence-corrected chi connectivity index (χ4v) is 2.22. The highest BCUT2D eigenvalue weighted by molar-refractivity contribution is 5.65. The van der Waals surface area contributed by atoms with Gasteiger partial charge in [0.2, 0.25) is 0 Å². The summed E-state index contributed by atoms with van der Waals surface area (Å²) < 4.78 is 0. The third kappa shape index (κ3) is 3.37. The Hall–Kier alpha value is -1.71. The molecule has 1 aliphatic rings. The van der Waals surface area contributed by atoms with Gasteiger partial charge < -0.3 is 15.3 Å². The van der Waals surface area contributed by atoms with Gasteiger partial charge in [0.05, 0.1) is 0 Å². The zero-order chi connectivity index (χ0) is 12.1. The molecule has 2 rings (SSSR count). The van der Waals surface area contributed by atoms with Crippen molar-refractivity contribution in [2.75, 3.05) is 25.0 Å². The van der Waals surface area contributed by atoms with Crippen molar-refractivity contribution in [3.63, 3.8) is 0 Å². The molecule has 0 aliphatic carbocycles. The number of likely N-dealkylation sites (tertiary alicyclic amines) is 1. The van der Waals surface area contributed by atoms with Crippen LogP contribution in [0, 0.1) is 5.92 Å². The highest BCUT2D eigenvalue weighted by Gasteiger charge is 2.22. The lowest BCUT2D eigenvalue weighted by molar-refractivity contribution is 0.122. The number of hydrogen-bond acceptors (Lipinski definition) is 2. The zero-order valence-electron chi connectivity index (χ0n) is 9.80. The number of benzene rings is 1. The Kier molecular flexibility index (Phi) is 3.85. The molecule has 4 nitrogen and oxygen atoms in total. The summed E-state index contributed by atoms with van der Waals surface area (Å²) in [5, 5.41) is 12.3. The Morgan fingerprint density at radius 1 is 1.41 bits per heavy atom. The molecule has 1 heterocycles. The van der Waals surface area contributed by atoms with E-state index < -0.39 is 6.09 Å². The molecule has 0 aromatic heterocycles. The number of hydrogen-bond donors (Lipinski definition) is 2. The maximum absolute atomic E-state index is 10.9. The molecule has 0 spiro atoms. The number of carboxylic acid groups (broad SMARTS) is 1. The molecule has 17 heavy (non-hydrogen) atoms. The monoisotopic (exact) mass is 234 g/mol. The van der Waals surface area contributed by atoms with Crippen LogP contribution in [0.15, 0.2) is 30.3 Å². The molecule has 1 aromatic carbocycles. The largest absolute Gasteiger partial charge is 0.465 e. The molecular weight excluding hydrogens is 216 g/mol. The van der Waals surface area contributed by atoms with Crippen molar-refractivity contribution in [2.45, 2.75) is 12.8 Å². The van der Waals surface area contributed by atoms with Crippen LogP contribution in [0.2, 0.25) is 0 Å². The molecule has 1 atom stereocenters. The summed E-state index contributed by atoms with van der Waals surface area (Å²) >= 11 is 0. The summed E-state index contributed by atoms with van der Waals surface area (Å²) in [6.45, 7) is 2.17. The quantitative estimate of drug-likeness (QED) is 0.844. The van der Waals surface area contributed by atoms with Gasteiger partial charge in [-0.3, -0.25) is 0 Å². The predicted molar refractivity (Wildman–Crippen MR) is 67.3 cm³/mol. The maximum atomic E-state index is 10.9. The summed E-state index contributed by atoms with van der Waals surface area (Å²) in [6, 6.07) is 10.0. The fourth-order valence-electron chi connectivity index (χ4n) is 2.22. The SMILES string of the molecule is O=C(O)N1CCCC(CNc2ccccc2)C1. The average Bonchev–Trinajstić information content (AvgIpc) is 2.38. The van der Waals surface area contributed by atoms with Crippen molar-refractivity contribution >= 4 is 11.8 Å². The molecule has 1 unspecified atom stereocenters. The molecule has 0 saturated carbocycles. The predicted octanol–water partition coefficient (Wildman–Crippen LogP) is 2.49. The van der Waals surface area contributed by atoms with E-state index in [-0.39, 0.29) is 0 Å². The van der Waals surface area contributed by atoms with Crippen LogP contribution in [-0.4, -0.2) is 35.7 Å². The van der Waals surface area contributed by atoms with Crippen LogP contribution in [0.4, 0.5) is 10.5 Å². The zero-order valence-corrected chi connectivity index (χ0v) is 9.80. The fraction of sp³-hybridized carbons (Fsp3) is 0.462. The summed E-state index contributed by atoms with van der Waals surface area (Å²) in [7, 11) is 0. The number of anilines is 1. The van der Waals surface area contributed by atoms with Gasteiger partial charge in [-0.25, -0.2) is 4.79 Å². The van der Waals surface area contributed by atoms with Gasteiger partial charge in [-0.15, -0.1) is 0 Å². The van der Waals surface area contributed by atoms with Crippen molar-refractivity contribution < 1.29 is 9.90 Å². The molecule has 1 aromatic rings. The Morgan fingerprint density at radius 2 is 2.18 bits per heavy atom. The van der Waals surface area contributed by atoms with Gasteiger partial charge in [0.1, 0.15) is 0 Å². The number of nitrogens with zero attached hydrogens (tertiary/aromatic N) is 1. The molecule has 4 heteroatoms. The van der Waals surface area contributed by atoms with Crippen LogP contribution >= 0.6 is 0 Å². The van der Waals surface area contributed by atoms with E-state index in [2.05, 4.69) is 5.32 Å². The van der Waals surface area contributed by atoms with Gasteiger partial charge in [-0.1, -0.05) is 18.2 Å². The second-order valence-electron chi connectivity index (χ2n) is 4.48. The molecule has 0 bridgehead atoms. The van der Waals surface area contributed by atoms with E-state index in [9.17, 15) is 4.79 Å². The minimum atomic E-state index is -0.797. The van der Waals surface area contributed by atoms with Crippen LogP contribution in [0.3, 0.4) is 0 Å². The third-order valence-electron chi connectivity index (χ3n) is 3.16. The van der Waals surface area contributed by atoms with Crippen molar-refractivity contribution in [3.8, 4) is 0 Å². The second-order valence-corrected chi connectivity index (χ2v) is 4.48. The topological polar surface area (TPSA) is 52.6 Å².